The van der Waals surface area contributed by atoms with Crippen molar-refractivity contribution in [3.05, 3.63) is 48.4 Å². The molecule has 0 saturated carbocycles. The van der Waals surface area contributed by atoms with Crippen molar-refractivity contribution in [3.63, 3.8) is 0 Å². The number of hydrogen-bond acceptors (Lipinski definition) is 6. The Labute approximate surface area is 153 Å². The van der Waals surface area contributed by atoms with Crippen LogP contribution in [-0.4, -0.2) is 73.3 Å². The van der Waals surface area contributed by atoms with E-state index >= 15 is 0 Å². The predicted molar refractivity (Wildman–Crippen MR) is 99.6 cm³/mol. The van der Waals surface area contributed by atoms with E-state index in [0.717, 1.165) is 50.9 Å². The quantitative estimate of drug-likeness (QED) is 0.828. The molecule has 7 heteroatoms. The summed E-state index contributed by atoms with van der Waals surface area (Å²) in [7, 11) is 0. The van der Waals surface area contributed by atoms with Gasteiger partial charge in [0.05, 0.1) is 25.1 Å². The Balaban J connectivity index is 1.36. The molecule has 2 fully saturated rings. The van der Waals surface area contributed by atoms with Gasteiger partial charge in [-0.1, -0.05) is 6.07 Å². The summed E-state index contributed by atoms with van der Waals surface area (Å²) in [6.07, 6.45) is 3.59. The summed E-state index contributed by atoms with van der Waals surface area (Å²) in [6, 6.07) is 9.71. The molecule has 2 aliphatic heterocycles. The van der Waals surface area contributed by atoms with Crippen LogP contribution in [0.5, 0.6) is 0 Å². The van der Waals surface area contributed by atoms with E-state index < -0.39 is 0 Å². The zero-order valence-corrected chi connectivity index (χ0v) is 14.8. The highest BCUT2D eigenvalue weighted by Crippen LogP contribution is 2.17. The van der Waals surface area contributed by atoms with E-state index in [1.165, 1.54) is 0 Å². The van der Waals surface area contributed by atoms with Crippen LogP contribution < -0.4 is 9.80 Å². The molecule has 0 aliphatic carbocycles. The summed E-state index contributed by atoms with van der Waals surface area (Å²) in [5.41, 5.74) is 1.55. The van der Waals surface area contributed by atoms with Crippen LogP contribution in [0.3, 0.4) is 0 Å². The Morgan fingerprint density at radius 2 is 1.69 bits per heavy atom. The highest BCUT2D eigenvalue weighted by atomic mass is 16.5. The number of anilines is 2. The van der Waals surface area contributed by atoms with E-state index in [9.17, 15) is 4.79 Å². The van der Waals surface area contributed by atoms with Gasteiger partial charge in [0.1, 0.15) is 11.5 Å². The maximum atomic E-state index is 12.7. The first-order chi connectivity index (χ1) is 12.8. The molecule has 0 radical (unpaired) electrons. The number of pyridine rings is 2. The number of nitrogens with zero attached hydrogens (tertiary/aromatic N) is 5. The summed E-state index contributed by atoms with van der Waals surface area (Å²) in [5, 5.41) is 0. The third-order valence-corrected chi connectivity index (χ3v) is 4.88. The van der Waals surface area contributed by atoms with Crippen LogP contribution in [0, 0.1) is 0 Å². The number of hydrogen-bond donors (Lipinski definition) is 0. The Morgan fingerprint density at radius 3 is 2.35 bits per heavy atom. The molecule has 2 aromatic heterocycles. The van der Waals surface area contributed by atoms with E-state index in [2.05, 4.69) is 19.8 Å². The minimum Gasteiger partial charge on any atom is -0.378 e. The molecule has 0 unspecified atom stereocenters. The first-order valence-corrected chi connectivity index (χ1v) is 9.05. The number of carbonyl (C=O) groups is 1. The SMILES string of the molecule is O=C(c1ccc(N2CCOCC2)cn1)N1CCN(c2ccccn2)CC1. The monoisotopic (exact) mass is 353 g/mol. The van der Waals surface area contributed by atoms with Crippen molar-refractivity contribution in [2.24, 2.45) is 0 Å². The molecule has 4 rings (SSSR count). The fraction of sp³-hybridized carbons (Fsp3) is 0.421. The number of morpholine rings is 1. The fourth-order valence-corrected chi connectivity index (χ4v) is 3.36. The summed E-state index contributed by atoms with van der Waals surface area (Å²) in [6.45, 7) is 6.14. The Hall–Kier alpha value is -2.67. The summed E-state index contributed by atoms with van der Waals surface area (Å²) in [5.74, 6) is 0.965. The van der Waals surface area contributed by atoms with E-state index in [1.54, 1.807) is 12.4 Å². The molecule has 26 heavy (non-hydrogen) atoms. The van der Waals surface area contributed by atoms with Gasteiger partial charge < -0.3 is 19.4 Å². The van der Waals surface area contributed by atoms with Crippen LogP contribution >= 0.6 is 0 Å². The van der Waals surface area contributed by atoms with E-state index in [0.29, 0.717) is 18.8 Å². The zero-order chi connectivity index (χ0) is 17.8. The molecule has 0 atom stereocenters. The van der Waals surface area contributed by atoms with Gasteiger partial charge in [-0.2, -0.15) is 0 Å². The van der Waals surface area contributed by atoms with Crippen molar-refractivity contribution >= 4 is 17.4 Å². The van der Waals surface area contributed by atoms with Gasteiger partial charge in [0, 0.05) is 45.5 Å². The van der Waals surface area contributed by atoms with Crippen molar-refractivity contribution < 1.29 is 9.53 Å². The lowest BCUT2D eigenvalue weighted by Gasteiger charge is -2.35. The number of amides is 1. The average Bonchev–Trinajstić information content (AvgIpc) is 2.75. The maximum absolute atomic E-state index is 12.7. The van der Waals surface area contributed by atoms with Gasteiger partial charge >= 0.3 is 0 Å². The van der Waals surface area contributed by atoms with Crippen molar-refractivity contribution in [1.29, 1.82) is 0 Å². The second-order valence-corrected chi connectivity index (χ2v) is 6.47. The molecule has 7 nitrogen and oxygen atoms in total. The molecular formula is C19H23N5O2. The third kappa shape index (κ3) is 3.62. The van der Waals surface area contributed by atoms with Crippen LogP contribution in [0.25, 0.3) is 0 Å². The van der Waals surface area contributed by atoms with Gasteiger partial charge in [-0.05, 0) is 24.3 Å². The van der Waals surface area contributed by atoms with Crippen molar-refractivity contribution in [3.8, 4) is 0 Å². The van der Waals surface area contributed by atoms with E-state index in [4.69, 9.17) is 4.74 Å². The smallest absolute Gasteiger partial charge is 0.272 e. The molecule has 4 heterocycles. The molecule has 0 N–H and O–H groups in total. The number of aromatic nitrogens is 2. The second-order valence-electron chi connectivity index (χ2n) is 6.47. The summed E-state index contributed by atoms with van der Waals surface area (Å²) < 4.78 is 5.37. The number of rotatable bonds is 3. The van der Waals surface area contributed by atoms with Gasteiger partial charge in [0.15, 0.2) is 0 Å². The fourth-order valence-electron chi connectivity index (χ4n) is 3.36. The largest absolute Gasteiger partial charge is 0.378 e. The topological polar surface area (TPSA) is 61.8 Å². The lowest BCUT2D eigenvalue weighted by molar-refractivity contribution is 0.0740. The first kappa shape index (κ1) is 16.8. The van der Waals surface area contributed by atoms with Gasteiger partial charge in [-0.25, -0.2) is 9.97 Å². The molecule has 2 aromatic rings. The molecule has 0 aromatic carbocycles. The third-order valence-electron chi connectivity index (χ3n) is 4.88. The van der Waals surface area contributed by atoms with Crippen LogP contribution in [0.1, 0.15) is 10.5 Å². The molecule has 1 amide bonds. The minimum atomic E-state index is -0.000742. The first-order valence-electron chi connectivity index (χ1n) is 9.05. The standard InChI is InChI=1S/C19H23N5O2/c25-19(17-5-4-16(15-21-17)22-11-13-26-14-12-22)24-9-7-23(8-10-24)18-3-1-2-6-20-18/h1-6,15H,7-14H2. The van der Waals surface area contributed by atoms with E-state index in [1.807, 2.05) is 35.2 Å². The van der Waals surface area contributed by atoms with Gasteiger partial charge in [-0.3, -0.25) is 4.79 Å². The van der Waals surface area contributed by atoms with Crippen molar-refractivity contribution in [2.45, 2.75) is 0 Å². The lowest BCUT2D eigenvalue weighted by atomic mass is 10.2. The Kier molecular flexibility index (Phi) is 4.97. The predicted octanol–water partition coefficient (Wildman–Crippen LogP) is 1.28. The zero-order valence-electron chi connectivity index (χ0n) is 14.8. The van der Waals surface area contributed by atoms with Gasteiger partial charge in [0.2, 0.25) is 0 Å². The Morgan fingerprint density at radius 1 is 0.885 bits per heavy atom. The highest BCUT2D eigenvalue weighted by molar-refractivity contribution is 5.92. The molecule has 0 spiro atoms. The molecule has 2 saturated heterocycles. The highest BCUT2D eigenvalue weighted by Gasteiger charge is 2.23. The lowest BCUT2D eigenvalue weighted by Crippen LogP contribution is -2.49. The van der Waals surface area contributed by atoms with Crippen LogP contribution in [0.4, 0.5) is 11.5 Å². The number of ether oxygens (including phenoxy) is 1. The molecular weight excluding hydrogens is 330 g/mol. The average molecular weight is 353 g/mol. The summed E-state index contributed by atoms with van der Waals surface area (Å²) in [4.78, 5) is 27.8. The van der Waals surface area contributed by atoms with Crippen molar-refractivity contribution in [1.82, 2.24) is 14.9 Å². The Bertz CT molecular complexity index is 723. The van der Waals surface area contributed by atoms with Crippen molar-refractivity contribution in [2.75, 3.05) is 62.3 Å². The van der Waals surface area contributed by atoms with Crippen LogP contribution in [-0.2, 0) is 4.74 Å². The number of piperazine rings is 1. The van der Waals surface area contributed by atoms with Gasteiger partial charge in [-0.15, -0.1) is 0 Å². The molecule has 0 bridgehead atoms. The summed E-state index contributed by atoms with van der Waals surface area (Å²) >= 11 is 0. The van der Waals surface area contributed by atoms with E-state index in [-0.39, 0.29) is 5.91 Å². The molecule has 2 aliphatic rings. The molecule has 136 valence electrons. The minimum absolute atomic E-state index is 0.000742. The normalized spacial score (nSPS) is 18.1. The van der Waals surface area contributed by atoms with Crippen LogP contribution in [0.2, 0.25) is 0 Å². The van der Waals surface area contributed by atoms with Gasteiger partial charge in [0.25, 0.3) is 5.91 Å². The number of carbonyl (C=O) groups excluding carboxylic acids is 1. The second kappa shape index (κ2) is 7.70. The van der Waals surface area contributed by atoms with Crippen LogP contribution in [0.15, 0.2) is 42.7 Å². The maximum Gasteiger partial charge on any atom is 0.272 e.